The molecule has 0 radical (unpaired) electrons. The Balaban J connectivity index is 1.98. The van der Waals surface area contributed by atoms with Crippen LogP contribution in [-0.2, 0) is 4.74 Å². The van der Waals surface area contributed by atoms with Gasteiger partial charge in [-0.05, 0) is 30.7 Å². The molecule has 1 aromatic carbocycles. The largest absolute Gasteiger partial charge is 0.374 e. The number of hydrogen-bond donors (Lipinski definition) is 0. The highest BCUT2D eigenvalue weighted by Crippen LogP contribution is 2.32. The van der Waals surface area contributed by atoms with Crippen molar-refractivity contribution in [3.63, 3.8) is 0 Å². The Morgan fingerprint density at radius 1 is 1.24 bits per heavy atom. The zero-order valence-corrected chi connectivity index (χ0v) is 11.1. The van der Waals surface area contributed by atoms with Crippen LogP contribution in [0.3, 0.4) is 0 Å². The Kier molecular flexibility index (Phi) is 3.68. The predicted octanol–water partition coefficient (Wildman–Crippen LogP) is 4.21. The second kappa shape index (κ2) is 5.05. The molecule has 0 saturated carbocycles. The molecular weight excluding hydrogens is 208 g/mol. The fraction of sp³-hybridized carbons (Fsp3) is 0.500. The van der Waals surface area contributed by atoms with Gasteiger partial charge in [0.2, 0.25) is 0 Å². The smallest absolute Gasteiger partial charge is 0.0764 e. The van der Waals surface area contributed by atoms with E-state index in [2.05, 4.69) is 57.2 Å². The van der Waals surface area contributed by atoms with Gasteiger partial charge in [-0.2, -0.15) is 0 Å². The Hall–Kier alpha value is -1.08. The molecule has 1 aliphatic heterocycles. The summed E-state index contributed by atoms with van der Waals surface area (Å²) in [7, 11) is 0. The summed E-state index contributed by atoms with van der Waals surface area (Å²) in [4.78, 5) is 0. The molecule has 1 atom stereocenters. The van der Waals surface area contributed by atoms with Gasteiger partial charge in [-0.3, -0.25) is 0 Å². The number of rotatable bonds is 2. The van der Waals surface area contributed by atoms with E-state index < -0.39 is 0 Å². The van der Waals surface area contributed by atoms with Gasteiger partial charge in [0.15, 0.2) is 0 Å². The highest BCUT2D eigenvalue weighted by Gasteiger charge is 2.26. The van der Waals surface area contributed by atoms with Crippen molar-refractivity contribution < 1.29 is 4.74 Å². The minimum absolute atomic E-state index is 0.278. The fourth-order valence-electron chi connectivity index (χ4n) is 2.21. The highest BCUT2D eigenvalue weighted by atomic mass is 16.5. The van der Waals surface area contributed by atoms with E-state index in [0.717, 1.165) is 13.0 Å². The summed E-state index contributed by atoms with van der Waals surface area (Å²) >= 11 is 0. The van der Waals surface area contributed by atoms with Gasteiger partial charge in [0.05, 0.1) is 6.10 Å². The van der Waals surface area contributed by atoms with Crippen LogP contribution in [0.4, 0.5) is 0 Å². The molecule has 0 spiro atoms. The molecule has 0 aliphatic carbocycles. The zero-order chi connectivity index (χ0) is 12.3. The molecule has 0 amide bonds. The number of ether oxygens (including phenoxy) is 1. The average molecular weight is 230 g/mol. The van der Waals surface area contributed by atoms with Gasteiger partial charge in [0, 0.05) is 6.61 Å². The molecule has 1 unspecified atom stereocenters. The lowest BCUT2D eigenvalue weighted by atomic mass is 9.82. The first kappa shape index (κ1) is 12.4. The van der Waals surface area contributed by atoms with Crippen LogP contribution in [0.25, 0.3) is 6.08 Å². The van der Waals surface area contributed by atoms with E-state index in [9.17, 15) is 0 Å². The van der Waals surface area contributed by atoms with Gasteiger partial charge in [0.1, 0.15) is 0 Å². The van der Waals surface area contributed by atoms with Gasteiger partial charge >= 0.3 is 0 Å². The van der Waals surface area contributed by atoms with Gasteiger partial charge in [0.25, 0.3) is 0 Å². The topological polar surface area (TPSA) is 9.23 Å². The van der Waals surface area contributed by atoms with Gasteiger partial charge in [-0.25, -0.2) is 0 Å². The number of aryl methyl sites for hydroxylation is 1. The zero-order valence-electron chi connectivity index (χ0n) is 11.1. The Bertz CT molecular complexity index is 386. The molecule has 17 heavy (non-hydrogen) atoms. The van der Waals surface area contributed by atoms with Crippen molar-refractivity contribution in [3.05, 3.63) is 41.5 Å². The molecule has 1 fully saturated rings. The van der Waals surface area contributed by atoms with E-state index in [1.807, 2.05) is 0 Å². The fourth-order valence-corrected chi connectivity index (χ4v) is 2.21. The van der Waals surface area contributed by atoms with Crippen molar-refractivity contribution in [2.75, 3.05) is 6.61 Å². The molecule has 1 aromatic rings. The summed E-state index contributed by atoms with van der Waals surface area (Å²) in [6.45, 7) is 7.64. The monoisotopic (exact) mass is 230 g/mol. The molecule has 1 heterocycles. The van der Waals surface area contributed by atoms with E-state index >= 15 is 0 Å². The minimum atomic E-state index is 0.278. The van der Waals surface area contributed by atoms with E-state index in [1.165, 1.54) is 17.5 Å². The minimum Gasteiger partial charge on any atom is -0.374 e. The highest BCUT2D eigenvalue weighted by molar-refractivity contribution is 5.50. The normalized spacial score (nSPS) is 24.1. The second-order valence-corrected chi connectivity index (χ2v) is 5.80. The van der Waals surface area contributed by atoms with Crippen molar-refractivity contribution in [3.8, 4) is 0 Å². The first-order chi connectivity index (χ1) is 8.05. The van der Waals surface area contributed by atoms with Crippen LogP contribution in [0.15, 0.2) is 30.3 Å². The SMILES string of the molecule is Cc1ccc(/C=C/C2CC(C)(C)CCO2)cc1. The molecular formula is C16H22O. The van der Waals surface area contributed by atoms with E-state index in [-0.39, 0.29) is 6.10 Å². The van der Waals surface area contributed by atoms with E-state index in [4.69, 9.17) is 4.74 Å². The Morgan fingerprint density at radius 2 is 1.94 bits per heavy atom. The third kappa shape index (κ3) is 3.71. The molecule has 0 aromatic heterocycles. The van der Waals surface area contributed by atoms with Crippen LogP contribution in [0.5, 0.6) is 0 Å². The summed E-state index contributed by atoms with van der Waals surface area (Å²) in [6.07, 6.45) is 6.94. The standard InChI is InChI=1S/C16H22O/c1-13-4-6-14(7-5-13)8-9-15-12-16(2,3)10-11-17-15/h4-9,15H,10-12H2,1-3H3/b9-8+. The summed E-state index contributed by atoms with van der Waals surface area (Å²) < 4.78 is 5.77. The van der Waals surface area contributed by atoms with Crippen LogP contribution in [0.2, 0.25) is 0 Å². The quantitative estimate of drug-likeness (QED) is 0.739. The lowest BCUT2D eigenvalue weighted by Gasteiger charge is -2.33. The van der Waals surface area contributed by atoms with Gasteiger partial charge in [-0.1, -0.05) is 55.8 Å². The van der Waals surface area contributed by atoms with E-state index in [1.54, 1.807) is 0 Å². The molecule has 92 valence electrons. The average Bonchev–Trinajstić information content (AvgIpc) is 2.27. The van der Waals surface area contributed by atoms with Crippen LogP contribution in [-0.4, -0.2) is 12.7 Å². The Morgan fingerprint density at radius 3 is 2.59 bits per heavy atom. The second-order valence-electron chi connectivity index (χ2n) is 5.80. The molecule has 1 aliphatic rings. The van der Waals surface area contributed by atoms with Crippen molar-refractivity contribution in [2.45, 2.75) is 39.7 Å². The maximum atomic E-state index is 5.77. The molecule has 1 saturated heterocycles. The molecule has 0 N–H and O–H groups in total. The van der Waals surface area contributed by atoms with Crippen LogP contribution in [0.1, 0.15) is 37.8 Å². The first-order valence-electron chi connectivity index (χ1n) is 6.42. The van der Waals surface area contributed by atoms with Crippen LogP contribution >= 0.6 is 0 Å². The van der Waals surface area contributed by atoms with Crippen LogP contribution in [0, 0.1) is 12.3 Å². The lowest BCUT2D eigenvalue weighted by Crippen LogP contribution is -2.29. The molecule has 0 bridgehead atoms. The summed E-state index contributed by atoms with van der Waals surface area (Å²) in [5.74, 6) is 0. The van der Waals surface area contributed by atoms with Crippen molar-refractivity contribution in [1.82, 2.24) is 0 Å². The predicted molar refractivity (Wildman–Crippen MR) is 73.0 cm³/mol. The first-order valence-corrected chi connectivity index (χ1v) is 6.42. The van der Waals surface area contributed by atoms with Gasteiger partial charge < -0.3 is 4.74 Å². The lowest BCUT2D eigenvalue weighted by molar-refractivity contribution is -0.00951. The number of hydrogen-bond acceptors (Lipinski definition) is 1. The maximum Gasteiger partial charge on any atom is 0.0764 e. The van der Waals surface area contributed by atoms with Crippen LogP contribution < -0.4 is 0 Å². The molecule has 2 rings (SSSR count). The molecule has 1 heteroatoms. The third-order valence-electron chi connectivity index (χ3n) is 3.45. The summed E-state index contributed by atoms with van der Waals surface area (Å²) in [5.41, 5.74) is 2.97. The molecule has 1 nitrogen and oxygen atoms in total. The van der Waals surface area contributed by atoms with Crippen molar-refractivity contribution >= 4 is 6.08 Å². The Labute approximate surface area is 104 Å². The van der Waals surface area contributed by atoms with Gasteiger partial charge in [-0.15, -0.1) is 0 Å². The third-order valence-corrected chi connectivity index (χ3v) is 3.45. The van der Waals surface area contributed by atoms with E-state index in [0.29, 0.717) is 5.41 Å². The maximum absolute atomic E-state index is 5.77. The number of benzene rings is 1. The van der Waals surface area contributed by atoms with Crippen molar-refractivity contribution in [2.24, 2.45) is 5.41 Å². The summed E-state index contributed by atoms with van der Waals surface area (Å²) in [5, 5.41) is 0. The van der Waals surface area contributed by atoms with Crippen molar-refractivity contribution in [1.29, 1.82) is 0 Å². The summed E-state index contributed by atoms with van der Waals surface area (Å²) in [6, 6.07) is 8.59.